The lowest BCUT2D eigenvalue weighted by atomic mass is 10.1. The zero-order chi connectivity index (χ0) is 13.8. The molecule has 1 saturated heterocycles. The minimum atomic E-state index is -0.744. The van der Waals surface area contributed by atoms with E-state index >= 15 is 0 Å². The molecule has 1 fully saturated rings. The molecule has 5 nitrogen and oxygen atoms in total. The number of hydrogen-bond donors (Lipinski definition) is 0. The first-order valence-electron chi connectivity index (χ1n) is 5.83. The number of alkyl halides is 1. The number of carbonyl (C=O) groups excluding carboxylic acids is 2. The van der Waals surface area contributed by atoms with Crippen LogP contribution in [0.15, 0.2) is 30.3 Å². The third-order valence-corrected chi connectivity index (χ3v) is 3.91. The Bertz CT molecular complexity index is 465. The maximum absolute atomic E-state index is 12.0. The maximum atomic E-state index is 12.0. The summed E-state index contributed by atoms with van der Waals surface area (Å²) in [5.41, 5.74) is 0.723. The molecular weight excluding hydrogens is 361 g/mol. The topological polar surface area (TPSA) is 55.8 Å². The predicted octanol–water partition coefficient (Wildman–Crippen LogP) is 2.16. The Labute approximate surface area is 125 Å². The first kappa shape index (κ1) is 14.1. The molecule has 0 radical (unpaired) electrons. The van der Waals surface area contributed by atoms with Gasteiger partial charge in [0, 0.05) is 4.43 Å². The summed E-state index contributed by atoms with van der Waals surface area (Å²) >= 11 is 2.15. The Morgan fingerprint density at radius 1 is 1.53 bits per heavy atom. The van der Waals surface area contributed by atoms with Gasteiger partial charge in [-0.15, -0.1) is 0 Å². The quantitative estimate of drug-likeness (QED) is 0.460. The average Bonchev–Trinajstić information content (AvgIpc) is 2.81. The number of amides is 1. The summed E-state index contributed by atoms with van der Waals surface area (Å²) in [7, 11) is 1.31. The molecule has 0 saturated carbocycles. The molecular formula is C13H14INO4. The van der Waals surface area contributed by atoms with Crippen molar-refractivity contribution in [2.45, 2.75) is 12.1 Å². The second-order valence-corrected chi connectivity index (χ2v) is 5.03. The Balaban J connectivity index is 2.29. The molecule has 1 aliphatic rings. The Morgan fingerprint density at radius 2 is 2.21 bits per heavy atom. The summed E-state index contributed by atoms with van der Waals surface area (Å²) in [6.07, 6.45) is -0.648. The summed E-state index contributed by atoms with van der Waals surface area (Å²) in [5, 5.41) is 0. The standard InChI is InChI=1S/C13H14INO4/c1-18-12(16)11(9-5-3-2-4-6-9)15-8-10(7-14)19-13(15)17/h2-6,10-11H,7-8H2,1H3/t10-,11+/m0/s1. The van der Waals surface area contributed by atoms with E-state index in [0.29, 0.717) is 11.0 Å². The third-order valence-electron chi connectivity index (χ3n) is 2.93. The second kappa shape index (κ2) is 6.23. The van der Waals surface area contributed by atoms with Crippen LogP contribution >= 0.6 is 22.6 Å². The van der Waals surface area contributed by atoms with Crippen molar-refractivity contribution < 1.29 is 19.1 Å². The Kier molecular flexibility index (Phi) is 4.62. The highest BCUT2D eigenvalue weighted by atomic mass is 127. The van der Waals surface area contributed by atoms with Crippen molar-refractivity contribution in [3.8, 4) is 0 Å². The smallest absolute Gasteiger partial charge is 0.411 e. The van der Waals surface area contributed by atoms with Gasteiger partial charge in [-0.1, -0.05) is 52.9 Å². The van der Waals surface area contributed by atoms with Crippen LogP contribution in [0.2, 0.25) is 0 Å². The summed E-state index contributed by atoms with van der Waals surface area (Å²) in [5.74, 6) is -0.461. The van der Waals surface area contributed by atoms with Crippen molar-refractivity contribution in [1.82, 2.24) is 4.90 Å². The van der Waals surface area contributed by atoms with Gasteiger partial charge in [0.25, 0.3) is 0 Å². The number of methoxy groups -OCH3 is 1. The van der Waals surface area contributed by atoms with E-state index in [2.05, 4.69) is 22.6 Å². The number of benzene rings is 1. The number of esters is 1. The minimum absolute atomic E-state index is 0.177. The lowest BCUT2D eigenvalue weighted by molar-refractivity contribution is -0.146. The lowest BCUT2D eigenvalue weighted by Crippen LogP contribution is -2.36. The van der Waals surface area contributed by atoms with Crippen LogP contribution in [0.1, 0.15) is 11.6 Å². The van der Waals surface area contributed by atoms with Crippen LogP contribution in [-0.2, 0) is 14.3 Å². The number of ether oxygens (including phenoxy) is 2. The van der Waals surface area contributed by atoms with Crippen molar-refractivity contribution in [3.05, 3.63) is 35.9 Å². The predicted molar refractivity (Wildman–Crippen MR) is 77.1 cm³/mol. The monoisotopic (exact) mass is 375 g/mol. The fourth-order valence-corrected chi connectivity index (χ4v) is 2.48. The van der Waals surface area contributed by atoms with E-state index in [1.54, 1.807) is 12.1 Å². The second-order valence-electron chi connectivity index (χ2n) is 4.15. The van der Waals surface area contributed by atoms with Gasteiger partial charge in [-0.3, -0.25) is 4.90 Å². The highest BCUT2D eigenvalue weighted by molar-refractivity contribution is 14.1. The SMILES string of the molecule is COC(=O)[C@@H](c1ccccc1)N1C[C@H](CI)OC1=O. The lowest BCUT2D eigenvalue weighted by Gasteiger charge is -2.23. The first-order chi connectivity index (χ1) is 9.17. The van der Waals surface area contributed by atoms with Gasteiger partial charge in [-0.2, -0.15) is 0 Å². The van der Waals surface area contributed by atoms with Gasteiger partial charge in [0.15, 0.2) is 6.04 Å². The van der Waals surface area contributed by atoms with Crippen molar-refractivity contribution in [2.75, 3.05) is 18.1 Å². The van der Waals surface area contributed by atoms with Crippen molar-refractivity contribution >= 4 is 34.7 Å². The molecule has 102 valence electrons. The fourth-order valence-electron chi connectivity index (χ4n) is 2.02. The number of hydrogen-bond acceptors (Lipinski definition) is 4. The molecule has 0 spiro atoms. The summed E-state index contributed by atoms with van der Waals surface area (Å²) < 4.78 is 10.7. The average molecular weight is 375 g/mol. The van der Waals surface area contributed by atoms with Crippen LogP contribution in [0, 0.1) is 0 Å². The van der Waals surface area contributed by atoms with Crippen molar-refractivity contribution in [3.63, 3.8) is 0 Å². The van der Waals surface area contributed by atoms with E-state index in [0.717, 1.165) is 5.56 Å². The number of halogens is 1. The number of nitrogens with zero attached hydrogens (tertiary/aromatic N) is 1. The molecule has 1 amide bonds. The van der Waals surface area contributed by atoms with Gasteiger partial charge in [-0.05, 0) is 5.56 Å². The van der Waals surface area contributed by atoms with Crippen LogP contribution in [0.5, 0.6) is 0 Å². The normalized spacial score (nSPS) is 20.0. The highest BCUT2D eigenvalue weighted by Crippen LogP contribution is 2.27. The van der Waals surface area contributed by atoms with Crippen LogP contribution in [0.25, 0.3) is 0 Å². The van der Waals surface area contributed by atoms with E-state index in [1.165, 1.54) is 12.0 Å². The highest BCUT2D eigenvalue weighted by Gasteiger charge is 2.40. The zero-order valence-electron chi connectivity index (χ0n) is 10.4. The summed E-state index contributed by atoms with van der Waals surface area (Å²) in [6, 6.07) is 8.35. The Hall–Kier alpha value is -1.31. The molecule has 1 aliphatic heterocycles. The van der Waals surface area contributed by atoms with Gasteiger partial charge < -0.3 is 9.47 Å². The third kappa shape index (κ3) is 2.99. The maximum Gasteiger partial charge on any atom is 0.411 e. The van der Waals surface area contributed by atoms with Crippen molar-refractivity contribution in [2.24, 2.45) is 0 Å². The summed E-state index contributed by atoms with van der Waals surface area (Å²) in [4.78, 5) is 25.3. The molecule has 0 N–H and O–H groups in total. The van der Waals surface area contributed by atoms with Gasteiger partial charge in [-0.25, -0.2) is 9.59 Å². The largest absolute Gasteiger partial charge is 0.467 e. The molecule has 0 aromatic heterocycles. The van der Waals surface area contributed by atoms with Gasteiger partial charge >= 0.3 is 12.1 Å². The van der Waals surface area contributed by atoms with E-state index in [4.69, 9.17) is 9.47 Å². The van der Waals surface area contributed by atoms with Crippen LogP contribution in [-0.4, -0.2) is 41.1 Å². The van der Waals surface area contributed by atoms with E-state index in [-0.39, 0.29) is 6.10 Å². The van der Waals surface area contributed by atoms with Crippen LogP contribution in [0.3, 0.4) is 0 Å². The molecule has 1 aromatic rings. The van der Waals surface area contributed by atoms with Gasteiger partial charge in [0.05, 0.1) is 13.7 Å². The van der Waals surface area contributed by atoms with Crippen LogP contribution < -0.4 is 0 Å². The van der Waals surface area contributed by atoms with E-state index in [1.807, 2.05) is 18.2 Å². The van der Waals surface area contributed by atoms with E-state index < -0.39 is 18.1 Å². The molecule has 0 bridgehead atoms. The fraction of sp³-hybridized carbons (Fsp3) is 0.385. The molecule has 1 heterocycles. The van der Waals surface area contributed by atoms with E-state index in [9.17, 15) is 9.59 Å². The van der Waals surface area contributed by atoms with Crippen molar-refractivity contribution in [1.29, 1.82) is 0 Å². The van der Waals surface area contributed by atoms with Crippen LogP contribution in [0.4, 0.5) is 4.79 Å². The number of carbonyl (C=O) groups is 2. The molecule has 2 rings (SSSR count). The zero-order valence-corrected chi connectivity index (χ0v) is 12.6. The molecule has 0 unspecified atom stereocenters. The molecule has 19 heavy (non-hydrogen) atoms. The van der Waals surface area contributed by atoms with Gasteiger partial charge in [0.1, 0.15) is 6.10 Å². The molecule has 0 aliphatic carbocycles. The minimum Gasteiger partial charge on any atom is -0.467 e. The molecule has 2 atom stereocenters. The molecule has 6 heteroatoms. The summed E-state index contributed by atoms with van der Waals surface area (Å²) in [6.45, 7) is 0.399. The Morgan fingerprint density at radius 3 is 2.74 bits per heavy atom. The number of rotatable bonds is 4. The molecule has 1 aromatic carbocycles. The first-order valence-corrected chi connectivity index (χ1v) is 7.36. The number of cyclic esters (lactones) is 1. The van der Waals surface area contributed by atoms with Gasteiger partial charge in [0.2, 0.25) is 0 Å².